The zero-order chi connectivity index (χ0) is 12.1. The lowest BCUT2D eigenvalue weighted by molar-refractivity contribution is 0.0723. The number of carbonyl (C=O) groups excluding carboxylic acids is 1. The van der Waals surface area contributed by atoms with Crippen LogP contribution < -0.4 is 0 Å². The first-order valence-electron chi connectivity index (χ1n) is 5.66. The molecule has 0 aliphatic heterocycles. The molecular weight excluding hydrogens is 202 g/mol. The summed E-state index contributed by atoms with van der Waals surface area (Å²) >= 11 is 0. The molecule has 0 aliphatic carbocycles. The second kappa shape index (κ2) is 5.54. The molecule has 0 atom stereocenters. The molecule has 16 heavy (non-hydrogen) atoms. The van der Waals surface area contributed by atoms with Crippen molar-refractivity contribution in [2.75, 3.05) is 7.05 Å². The van der Waals surface area contributed by atoms with Crippen LogP contribution in [0.4, 0.5) is 0 Å². The van der Waals surface area contributed by atoms with E-state index in [1.165, 1.54) is 6.07 Å². The summed E-state index contributed by atoms with van der Waals surface area (Å²) in [5.74, 6) is 0.0911. The minimum atomic E-state index is -0.0374. The Morgan fingerprint density at radius 1 is 1.38 bits per heavy atom. The fourth-order valence-electron chi connectivity index (χ4n) is 1.84. The van der Waals surface area contributed by atoms with E-state index in [0.717, 1.165) is 12.8 Å². The van der Waals surface area contributed by atoms with E-state index < -0.39 is 0 Å². The molecule has 0 bridgehead atoms. The van der Waals surface area contributed by atoms with Crippen molar-refractivity contribution < 1.29 is 9.90 Å². The van der Waals surface area contributed by atoms with Crippen molar-refractivity contribution in [3.63, 3.8) is 0 Å². The van der Waals surface area contributed by atoms with E-state index in [0.29, 0.717) is 5.56 Å². The highest BCUT2D eigenvalue weighted by atomic mass is 16.3. The number of aromatic hydroxyl groups is 1. The molecule has 0 aromatic heterocycles. The fourth-order valence-corrected chi connectivity index (χ4v) is 1.84. The Bertz CT molecular complexity index is 359. The van der Waals surface area contributed by atoms with E-state index in [4.69, 9.17) is 0 Å². The Kier molecular flexibility index (Phi) is 4.35. The van der Waals surface area contributed by atoms with Crippen LogP contribution in [0.5, 0.6) is 5.75 Å². The van der Waals surface area contributed by atoms with E-state index >= 15 is 0 Å². The van der Waals surface area contributed by atoms with Crippen molar-refractivity contribution in [2.45, 2.75) is 32.7 Å². The average molecular weight is 221 g/mol. The van der Waals surface area contributed by atoms with Crippen LogP contribution in [-0.2, 0) is 0 Å². The van der Waals surface area contributed by atoms with Gasteiger partial charge in [0.15, 0.2) is 0 Å². The van der Waals surface area contributed by atoms with Gasteiger partial charge in [-0.1, -0.05) is 19.9 Å². The molecule has 3 heteroatoms. The van der Waals surface area contributed by atoms with Gasteiger partial charge in [0.25, 0.3) is 5.91 Å². The SMILES string of the molecule is CCC(CC)N(C)C(=O)c1cccc(O)c1. The molecule has 0 heterocycles. The van der Waals surface area contributed by atoms with E-state index in [1.54, 1.807) is 23.1 Å². The van der Waals surface area contributed by atoms with Crippen molar-refractivity contribution in [1.82, 2.24) is 4.90 Å². The Hall–Kier alpha value is -1.51. The molecule has 0 unspecified atom stereocenters. The Balaban J connectivity index is 2.85. The molecule has 1 amide bonds. The van der Waals surface area contributed by atoms with Crippen LogP contribution in [0.2, 0.25) is 0 Å². The number of phenols is 1. The minimum absolute atomic E-state index is 0.0374. The molecule has 0 spiro atoms. The van der Waals surface area contributed by atoms with Crippen molar-refractivity contribution in [3.8, 4) is 5.75 Å². The van der Waals surface area contributed by atoms with Gasteiger partial charge >= 0.3 is 0 Å². The summed E-state index contributed by atoms with van der Waals surface area (Å²) in [5, 5.41) is 9.33. The average Bonchev–Trinajstić information content (AvgIpc) is 2.29. The molecule has 3 nitrogen and oxygen atoms in total. The topological polar surface area (TPSA) is 40.5 Å². The third-order valence-electron chi connectivity index (χ3n) is 2.90. The molecule has 0 fully saturated rings. The van der Waals surface area contributed by atoms with Crippen molar-refractivity contribution in [3.05, 3.63) is 29.8 Å². The number of amides is 1. The molecule has 0 saturated heterocycles. The van der Waals surface area contributed by atoms with Gasteiger partial charge in [-0.05, 0) is 31.0 Å². The predicted octanol–water partition coefficient (Wildman–Crippen LogP) is 2.65. The van der Waals surface area contributed by atoms with E-state index in [-0.39, 0.29) is 17.7 Å². The number of hydrogen-bond acceptors (Lipinski definition) is 2. The Morgan fingerprint density at radius 2 is 2.00 bits per heavy atom. The standard InChI is InChI=1S/C13H19NO2/c1-4-11(5-2)14(3)13(16)10-7-6-8-12(15)9-10/h6-9,11,15H,4-5H2,1-3H3. The summed E-state index contributed by atoms with van der Waals surface area (Å²) in [6, 6.07) is 6.73. The van der Waals surface area contributed by atoms with Crippen LogP contribution in [0.15, 0.2) is 24.3 Å². The number of hydrogen-bond donors (Lipinski definition) is 1. The number of phenolic OH excluding ortho intramolecular Hbond substituents is 1. The summed E-state index contributed by atoms with van der Waals surface area (Å²) in [5.41, 5.74) is 0.536. The van der Waals surface area contributed by atoms with E-state index in [9.17, 15) is 9.90 Å². The van der Waals surface area contributed by atoms with Crippen LogP contribution in [0.3, 0.4) is 0 Å². The summed E-state index contributed by atoms with van der Waals surface area (Å²) in [4.78, 5) is 13.8. The zero-order valence-electron chi connectivity index (χ0n) is 10.1. The maximum atomic E-state index is 12.1. The van der Waals surface area contributed by atoms with E-state index in [1.807, 2.05) is 7.05 Å². The monoisotopic (exact) mass is 221 g/mol. The molecule has 88 valence electrons. The second-order valence-electron chi connectivity index (χ2n) is 3.94. The molecule has 0 radical (unpaired) electrons. The van der Waals surface area contributed by atoms with Gasteiger partial charge in [-0.25, -0.2) is 0 Å². The van der Waals surface area contributed by atoms with Crippen LogP contribution in [0.25, 0.3) is 0 Å². The van der Waals surface area contributed by atoms with Crippen molar-refractivity contribution >= 4 is 5.91 Å². The van der Waals surface area contributed by atoms with Gasteiger partial charge in [-0.15, -0.1) is 0 Å². The fraction of sp³-hybridized carbons (Fsp3) is 0.462. The lowest BCUT2D eigenvalue weighted by Crippen LogP contribution is -2.36. The number of rotatable bonds is 4. The maximum absolute atomic E-state index is 12.1. The first-order valence-corrected chi connectivity index (χ1v) is 5.66. The van der Waals surface area contributed by atoms with Crippen LogP contribution >= 0.6 is 0 Å². The third-order valence-corrected chi connectivity index (χ3v) is 2.90. The van der Waals surface area contributed by atoms with Gasteiger partial charge in [-0.2, -0.15) is 0 Å². The lowest BCUT2D eigenvalue weighted by Gasteiger charge is -2.26. The quantitative estimate of drug-likeness (QED) is 0.849. The van der Waals surface area contributed by atoms with Crippen molar-refractivity contribution in [1.29, 1.82) is 0 Å². The Labute approximate surface area is 96.7 Å². The van der Waals surface area contributed by atoms with Gasteiger partial charge < -0.3 is 10.0 Å². The second-order valence-corrected chi connectivity index (χ2v) is 3.94. The number of nitrogens with zero attached hydrogens (tertiary/aromatic N) is 1. The normalized spacial score (nSPS) is 10.5. The zero-order valence-corrected chi connectivity index (χ0v) is 10.1. The third kappa shape index (κ3) is 2.75. The molecule has 1 aromatic carbocycles. The number of carbonyl (C=O) groups is 1. The smallest absolute Gasteiger partial charge is 0.253 e. The maximum Gasteiger partial charge on any atom is 0.253 e. The molecule has 1 N–H and O–H groups in total. The van der Waals surface area contributed by atoms with Crippen LogP contribution in [0, 0.1) is 0 Å². The van der Waals surface area contributed by atoms with Gasteiger partial charge in [0.1, 0.15) is 5.75 Å². The highest BCUT2D eigenvalue weighted by Gasteiger charge is 2.18. The van der Waals surface area contributed by atoms with Crippen LogP contribution in [-0.4, -0.2) is 29.0 Å². The Morgan fingerprint density at radius 3 is 2.50 bits per heavy atom. The van der Waals surface area contributed by atoms with Crippen LogP contribution in [0.1, 0.15) is 37.0 Å². The lowest BCUT2D eigenvalue weighted by atomic mass is 10.1. The summed E-state index contributed by atoms with van der Waals surface area (Å²) in [6.07, 6.45) is 1.88. The summed E-state index contributed by atoms with van der Waals surface area (Å²) in [6.45, 7) is 4.14. The molecule has 0 saturated carbocycles. The van der Waals surface area contributed by atoms with Gasteiger partial charge in [0.05, 0.1) is 0 Å². The molecular formula is C13H19NO2. The molecule has 1 aromatic rings. The first-order chi connectivity index (χ1) is 7.60. The van der Waals surface area contributed by atoms with Gasteiger partial charge in [0.2, 0.25) is 0 Å². The largest absolute Gasteiger partial charge is 0.508 e. The molecule has 1 rings (SSSR count). The predicted molar refractivity (Wildman–Crippen MR) is 64.6 cm³/mol. The first kappa shape index (κ1) is 12.6. The molecule has 0 aliphatic rings. The minimum Gasteiger partial charge on any atom is -0.508 e. The highest BCUT2D eigenvalue weighted by molar-refractivity contribution is 5.94. The van der Waals surface area contributed by atoms with Crippen molar-refractivity contribution in [2.24, 2.45) is 0 Å². The summed E-state index contributed by atoms with van der Waals surface area (Å²) in [7, 11) is 1.81. The van der Waals surface area contributed by atoms with Gasteiger partial charge in [-0.3, -0.25) is 4.79 Å². The van der Waals surface area contributed by atoms with E-state index in [2.05, 4.69) is 13.8 Å². The van der Waals surface area contributed by atoms with Gasteiger partial charge in [0, 0.05) is 18.7 Å². The summed E-state index contributed by atoms with van der Waals surface area (Å²) < 4.78 is 0. The number of benzene rings is 1. The highest BCUT2D eigenvalue weighted by Crippen LogP contribution is 2.15.